The minimum Gasteiger partial charge on any atom is -0.488 e. The molecule has 8 heteroatoms. The maximum absolute atomic E-state index is 12.3. The van der Waals surface area contributed by atoms with E-state index in [1.54, 1.807) is 19.1 Å². The highest BCUT2D eigenvalue weighted by atomic mass is 16.5. The molecule has 8 nitrogen and oxygen atoms in total. The van der Waals surface area contributed by atoms with Gasteiger partial charge in [0.15, 0.2) is 0 Å². The lowest BCUT2D eigenvalue weighted by molar-refractivity contribution is -0.142. The molecule has 3 N–H and O–H groups in total. The van der Waals surface area contributed by atoms with Crippen molar-refractivity contribution in [1.29, 1.82) is 0 Å². The Morgan fingerprint density at radius 2 is 2.00 bits per heavy atom. The highest BCUT2D eigenvalue weighted by molar-refractivity contribution is 5.86. The molecular formula is C17H23N3O5. The number of carbonyl (C=O) groups excluding carboxylic acids is 3. The third-order valence-electron chi connectivity index (χ3n) is 3.81. The first-order chi connectivity index (χ1) is 12.0. The summed E-state index contributed by atoms with van der Waals surface area (Å²) in [5.41, 5.74) is 5.41. The summed E-state index contributed by atoms with van der Waals surface area (Å²) in [7, 11) is 0. The van der Waals surface area contributed by atoms with Crippen molar-refractivity contribution in [3.63, 3.8) is 0 Å². The van der Waals surface area contributed by atoms with Crippen LogP contribution in [0.25, 0.3) is 0 Å². The predicted octanol–water partition coefficient (Wildman–Crippen LogP) is 0.656. The van der Waals surface area contributed by atoms with Gasteiger partial charge in [-0.1, -0.05) is 18.2 Å². The molecule has 2 rings (SSSR count). The first kappa shape index (κ1) is 18.6. The van der Waals surface area contributed by atoms with E-state index in [1.165, 1.54) is 4.90 Å². The highest BCUT2D eigenvalue weighted by Crippen LogP contribution is 2.23. The first-order valence-corrected chi connectivity index (χ1v) is 8.22. The molecule has 136 valence electrons. The minimum absolute atomic E-state index is 0.0681. The van der Waals surface area contributed by atoms with Crippen molar-refractivity contribution < 1.29 is 23.9 Å². The van der Waals surface area contributed by atoms with Gasteiger partial charge in [-0.15, -0.1) is 0 Å². The lowest BCUT2D eigenvalue weighted by Gasteiger charge is -2.22. The van der Waals surface area contributed by atoms with Gasteiger partial charge in [0.25, 0.3) is 0 Å². The summed E-state index contributed by atoms with van der Waals surface area (Å²) >= 11 is 0. The van der Waals surface area contributed by atoms with E-state index in [2.05, 4.69) is 5.32 Å². The number of ether oxygens (including phenoxy) is 2. The highest BCUT2D eigenvalue weighted by Gasteiger charge is 2.39. The summed E-state index contributed by atoms with van der Waals surface area (Å²) in [6.07, 6.45) is 0.0735. The molecule has 1 saturated heterocycles. The number of urea groups is 1. The molecule has 1 fully saturated rings. The van der Waals surface area contributed by atoms with Crippen molar-refractivity contribution in [2.45, 2.75) is 31.9 Å². The van der Waals surface area contributed by atoms with Gasteiger partial charge in [-0.3, -0.25) is 9.59 Å². The summed E-state index contributed by atoms with van der Waals surface area (Å²) < 4.78 is 10.6. The Morgan fingerprint density at radius 1 is 1.28 bits per heavy atom. The molecular weight excluding hydrogens is 326 g/mol. The van der Waals surface area contributed by atoms with Crippen LogP contribution in [0.2, 0.25) is 0 Å². The van der Waals surface area contributed by atoms with E-state index in [-0.39, 0.29) is 31.6 Å². The van der Waals surface area contributed by atoms with Crippen LogP contribution in [0.4, 0.5) is 4.79 Å². The Labute approximate surface area is 146 Å². The lowest BCUT2D eigenvalue weighted by Crippen LogP contribution is -2.48. The zero-order valence-electron chi connectivity index (χ0n) is 14.1. The molecule has 1 aliphatic heterocycles. The lowest BCUT2D eigenvalue weighted by atomic mass is 10.2. The van der Waals surface area contributed by atoms with Gasteiger partial charge >= 0.3 is 12.0 Å². The van der Waals surface area contributed by atoms with Crippen LogP contribution in [0.1, 0.15) is 19.8 Å². The van der Waals surface area contributed by atoms with E-state index < -0.39 is 18.0 Å². The van der Waals surface area contributed by atoms with Gasteiger partial charge in [0.1, 0.15) is 17.9 Å². The summed E-state index contributed by atoms with van der Waals surface area (Å²) in [5.74, 6) is -0.305. The zero-order valence-corrected chi connectivity index (χ0v) is 14.1. The standard InChI is InChI=1S/C17H23N3O5/c1-2-24-15(21)8-9-19-17(23)20-11-13(10-14(20)16(18)22)25-12-6-4-3-5-7-12/h3-7,13-14H,2,8-11H2,1H3,(H2,18,22)(H,19,23). The van der Waals surface area contributed by atoms with Gasteiger partial charge in [-0.2, -0.15) is 0 Å². The van der Waals surface area contributed by atoms with Crippen LogP contribution in [0.3, 0.4) is 0 Å². The second-order valence-electron chi connectivity index (χ2n) is 5.65. The number of nitrogens with two attached hydrogens (primary N) is 1. The molecule has 0 radical (unpaired) electrons. The average Bonchev–Trinajstić information content (AvgIpc) is 3.00. The van der Waals surface area contributed by atoms with Crippen LogP contribution in [0.5, 0.6) is 5.75 Å². The van der Waals surface area contributed by atoms with Crippen LogP contribution in [-0.2, 0) is 14.3 Å². The maximum atomic E-state index is 12.3. The number of para-hydroxylation sites is 1. The number of hydrogen-bond acceptors (Lipinski definition) is 5. The molecule has 0 saturated carbocycles. The smallest absolute Gasteiger partial charge is 0.318 e. The third kappa shape index (κ3) is 5.37. The molecule has 0 aromatic heterocycles. The number of carbonyl (C=O) groups is 3. The average molecular weight is 349 g/mol. The van der Waals surface area contributed by atoms with E-state index in [1.807, 2.05) is 18.2 Å². The molecule has 1 aliphatic rings. The fourth-order valence-electron chi connectivity index (χ4n) is 2.67. The van der Waals surface area contributed by atoms with Crippen molar-refractivity contribution >= 4 is 17.9 Å². The number of nitrogens with zero attached hydrogens (tertiary/aromatic N) is 1. The number of hydrogen-bond donors (Lipinski definition) is 2. The van der Waals surface area contributed by atoms with Gasteiger partial charge in [0.2, 0.25) is 5.91 Å². The van der Waals surface area contributed by atoms with E-state index in [0.29, 0.717) is 18.8 Å². The summed E-state index contributed by atoms with van der Waals surface area (Å²) in [6.45, 7) is 2.38. The Balaban J connectivity index is 1.90. The molecule has 0 bridgehead atoms. The van der Waals surface area contributed by atoms with Crippen LogP contribution in [0.15, 0.2) is 30.3 Å². The van der Waals surface area contributed by atoms with Crippen molar-refractivity contribution in [2.24, 2.45) is 5.73 Å². The van der Waals surface area contributed by atoms with Crippen molar-refractivity contribution in [2.75, 3.05) is 19.7 Å². The molecule has 0 spiro atoms. The Hall–Kier alpha value is -2.77. The van der Waals surface area contributed by atoms with Crippen LogP contribution in [0, 0.1) is 0 Å². The molecule has 2 unspecified atom stereocenters. The summed E-state index contributed by atoms with van der Waals surface area (Å²) in [6, 6.07) is 7.98. The number of amides is 3. The second-order valence-corrected chi connectivity index (χ2v) is 5.65. The molecule has 3 amide bonds. The largest absolute Gasteiger partial charge is 0.488 e. The van der Waals surface area contributed by atoms with E-state index in [0.717, 1.165) is 0 Å². The molecule has 2 atom stereocenters. The molecule has 1 heterocycles. The Bertz CT molecular complexity index is 608. The van der Waals surface area contributed by atoms with Gasteiger partial charge < -0.3 is 25.4 Å². The van der Waals surface area contributed by atoms with E-state index in [9.17, 15) is 14.4 Å². The Kier molecular flexibility index (Phi) is 6.62. The van der Waals surface area contributed by atoms with Crippen LogP contribution >= 0.6 is 0 Å². The fraction of sp³-hybridized carbons (Fsp3) is 0.471. The number of primary amides is 1. The van der Waals surface area contributed by atoms with Crippen molar-refractivity contribution in [1.82, 2.24) is 10.2 Å². The topological polar surface area (TPSA) is 111 Å². The molecule has 1 aromatic carbocycles. The van der Waals surface area contributed by atoms with Crippen molar-refractivity contribution in [3.8, 4) is 5.75 Å². The van der Waals surface area contributed by atoms with E-state index >= 15 is 0 Å². The molecule has 1 aromatic rings. The number of likely N-dealkylation sites (tertiary alicyclic amines) is 1. The summed E-state index contributed by atoms with van der Waals surface area (Å²) in [4.78, 5) is 36.6. The fourth-order valence-corrected chi connectivity index (χ4v) is 2.67. The number of nitrogens with one attached hydrogen (secondary N) is 1. The maximum Gasteiger partial charge on any atom is 0.318 e. The number of rotatable bonds is 7. The van der Waals surface area contributed by atoms with E-state index in [4.69, 9.17) is 15.2 Å². The SMILES string of the molecule is CCOC(=O)CCNC(=O)N1CC(Oc2ccccc2)CC1C(N)=O. The van der Waals surface area contributed by atoms with Gasteiger partial charge in [0, 0.05) is 13.0 Å². The number of esters is 1. The predicted molar refractivity (Wildman–Crippen MR) is 89.8 cm³/mol. The van der Waals surface area contributed by atoms with Crippen LogP contribution < -0.4 is 15.8 Å². The zero-order chi connectivity index (χ0) is 18.2. The van der Waals surface area contributed by atoms with Crippen molar-refractivity contribution in [3.05, 3.63) is 30.3 Å². The van der Waals surface area contributed by atoms with Crippen LogP contribution in [-0.4, -0.2) is 54.6 Å². The first-order valence-electron chi connectivity index (χ1n) is 8.22. The van der Waals surface area contributed by atoms with Gasteiger partial charge in [0.05, 0.1) is 19.6 Å². The molecule has 25 heavy (non-hydrogen) atoms. The second kappa shape index (κ2) is 8.91. The molecule has 0 aliphatic carbocycles. The summed E-state index contributed by atoms with van der Waals surface area (Å²) in [5, 5.41) is 2.61. The quantitative estimate of drug-likeness (QED) is 0.703. The number of benzene rings is 1. The third-order valence-corrected chi connectivity index (χ3v) is 3.81. The normalized spacial score (nSPS) is 19.3. The monoisotopic (exact) mass is 349 g/mol. The Morgan fingerprint density at radius 3 is 2.64 bits per heavy atom. The minimum atomic E-state index is -0.740. The van der Waals surface area contributed by atoms with Gasteiger partial charge in [-0.05, 0) is 19.1 Å². The van der Waals surface area contributed by atoms with Gasteiger partial charge in [-0.25, -0.2) is 4.79 Å².